The van der Waals surface area contributed by atoms with Crippen molar-refractivity contribution in [2.24, 2.45) is 0 Å². The van der Waals surface area contributed by atoms with Gasteiger partial charge in [-0.2, -0.15) is 0 Å². The summed E-state index contributed by atoms with van der Waals surface area (Å²) in [6.07, 6.45) is 3.97. The summed E-state index contributed by atoms with van der Waals surface area (Å²) in [4.78, 5) is 28.5. The number of allylic oxidation sites excluding steroid dienone is 1. The lowest BCUT2D eigenvalue weighted by molar-refractivity contribution is -0.159. The number of rotatable bonds is 4. The quantitative estimate of drug-likeness (QED) is 0.815. The lowest BCUT2D eigenvalue weighted by Crippen LogP contribution is -2.73. The largest absolute Gasteiger partial charge is 0.394 e. The van der Waals surface area contributed by atoms with Crippen LogP contribution in [0.25, 0.3) is 6.08 Å². The summed E-state index contributed by atoms with van der Waals surface area (Å²) < 4.78 is 13.1. The molecule has 2 saturated heterocycles. The van der Waals surface area contributed by atoms with Crippen molar-refractivity contribution in [1.82, 2.24) is 9.80 Å². The van der Waals surface area contributed by atoms with Crippen molar-refractivity contribution in [3.8, 4) is 0 Å². The number of halogens is 1. The molecule has 2 aliphatic heterocycles. The van der Waals surface area contributed by atoms with Gasteiger partial charge in [-0.3, -0.25) is 4.79 Å². The van der Waals surface area contributed by atoms with Crippen LogP contribution in [0.2, 0.25) is 0 Å². The summed E-state index contributed by atoms with van der Waals surface area (Å²) in [5.41, 5.74) is 2.59. The molecule has 2 aromatic carbocycles. The van der Waals surface area contributed by atoms with Gasteiger partial charge < -0.3 is 20.2 Å². The predicted molar refractivity (Wildman–Crippen MR) is 112 cm³/mol. The van der Waals surface area contributed by atoms with E-state index in [1.165, 1.54) is 29.2 Å². The minimum Gasteiger partial charge on any atom is -0.394 e. The number of benzene rings is 2. The highest BCUT2D eigenvalue weighted by Crippen LogP contribution is 2.43. The normalized spacial score (nSPS) is 23.3. The van der Waals surface area contributed by atoms with Crippen molar-refractivity contribution in [3.63, 3.8) is 0 Å². The van der Waals surface area contributed by atoms with Crippen LogP contribution in [0.5, 0.6) is 0 Å². The summed E-state index contributed by atoms with van der Waals surface area (Å²) in [5, 5.41) is 12.6. The number of urea groups is 1. The molecule has 7 heteroatoms. The number of nitrogens with one attached hydrogen (secondary N) is 1. The van der Waals surface area contributed by atoms with Crippen LogP contribution in [-0.2, 0) is 4.79 Å². The van der Waals surface area contributed by atoms with E-state index >= 15 is 0 Å². The number of amides is 3. The van der Waals surface area contributed by atoms with Gasteiger partial charge in [0.2, 0.25) is 5.91 Å². The fourth-order valence-electron chi connectivity index (χ4n) is 4.41. The highest BCUT2D eigenvalue weighted by molar-refractivity contribution is 5.93. The Labute approximate surface area is 174 Å². The zero-order valence-electron chi connectivity index (χ0n) is 16.7. The van der Waals surface area contributed by atoms with Crippen LogP contribution in [0, 0.1) is 5.82 Å². The first-order valence-corrected chi connectivity index (χ1v) is 9.98. The fourth-order valence-corrected chi connectivity index (χ4v) is 4.41. The van der Waals surface area contributed by atoms with E-state index in [1.807, 2.05) is 43.3 Å². The Bertz CT molecular complexity index is 959. The van der Waals surface area contributed by atoms with Crippen molar-refractivity contribution in [3.05, 3.63) is 71.6 Å². The molecule has 4 rings (SSSR count). The van der Waals surface area contributed by atoms with E-state index in [9.17, 15) is 19.1 Å². The molecule has 0 aliphatic carbocycles. The standard InChI is InChI=1S/C23H24FN3O3/c1-2-3-15-4-6-16(7-5-15)22-19-12-26(13-21(29)27(19)20(22)14-28)23(30)25-18-10-8-17(24)9-11-18/h2-11,19-20,22,28H,12-14H2,1H3,(H,25,30)/t19-,20+,22+/m1/s1. The average molecular weight is 409 g/mol. The van der Waals surface area contributed by atoms with E-state index in [1.54, 1.807) is 4.90 Å². The molecule has 0 aromatic heterocycles. The third kappa shape index (κ3) is 3.68. The lowest BCUT2D eigenvalue weighted by Gasteiger charge is -2.58. The van der Waals surface area contributed by atoms with Crippen LogP contribution in [0.3, 0.4) is 0 Å². The summed E-state index contributed by atoms with van der Waals surface area (Å²) in [6.45, 7) is 2.16. The Morgan fingerprint density at radius 3 is 2.53 bits per heavy atom. The molecule has 3 atom stereocenters. The SMILES string of the molecule is CC=Cc1ccc([C@H]2[C@H]3CN(C(=O)Nc4ccc(F)cc4)CC(=O)N3[C@H]2CO)cc1. The van der Waals surface area contributed by atoms with Crippen molar-refractivity contribution in [2.45, 2.75) is 24.9 Å². The minimum absolute atomic E-state index is 0.0416. The summed E-state index contributed by atoms with van der Waals surface area (Å²) >= 11 is 0. The molecule has 6 nitrogen and oxygen atoms in total. The van der Waals surface area contributed by atoms with Crippen LogP contribution in [-0.4, -0.2) is 58.6 Å². The van der Waals surface area contributed by atoms with Crippen LogP contribution in [0.4, 0.5) is 14.9 Å². The molecule has 2 aliphatic rings. The van der Waals surface area contributed by atoms with Crippen molar-refractivity contribution < 1.29 is 19.1 Å². The summed E-state index contributed by atoms with van der Waals surface area (Å²) in [5.74, 6) is -0.606. The minimum atomic E-state index is -0.399. The number of hydrogen-bond donors (Lipinski definition) is 2. The first kappa shape index (κ1) is 20.1. The average Bonchev–Trinajstić information content (AvgIpc) is 2.72. The molecule has 30 heavy (non-hydrogen) atoms. The first-order valence-electron chi connectivity index (χ1n) is 9.98. The molecule has 0 spiro atoms. The van der Waals surface area contributed by atoms with Gasteiger partial charge in [-0.15, -0.1) is 0 Å². The van der Waals surface area contributed by atoms with E-state index in [-0.39, 0.29) is 42.9 Å². The van der Waals surface area contributed by atoms with Crippen LogP contribution in [0.1, 0.15) is 24.0 Å². The number of carbonyl (C=O) groups excluding carboxylic acids is 2. The van der Waals surface area contributed by atoms with E-state index in [0.29, 0.717) is 12.2 Å². The van der Waals surface area contributed by atoms with Crippen LogP contribution < -0.4 is 5.32 Å². The van der Waals surface area contributed by atoms with Crippen molar-refractivity contribution >= 4 is 23.7 Å². The van der Waals surface area contributed by atoms with E-state index in [4.69, 9.17) is 0 Å². The second-order valence-electron chi connectivity index (χ2n) is 7.63. The van der Waals surface area contributed by atoms with E-state index < -0.39 is 6.03 Å². The van der Waals surface area contributed by atoms with Crippen molar-refractivity contribution in [2.75, 3.05) is 25.0 Å². The molecule has 0 radical (unpaired) electrons. The summed E-state index contributed by atoms with van der Waals surface area (Å²) in [6, 6.07) is 12.7. The highest BCUT2D eigenvalue weighted by Gasteiger charge is 2.54. The molecule has 2 fully saturated rings. The van der Waals surface area contributed by atoms with Gasteiger partial charge in [0.25, 0.3) is 0 Å². The first-order chi connectivity index (χ1) is 14.5. The summed E-state index contributed by atoms with van der Waals surface area (Å²) in [7, 11) is 0. The van der Waals surface area contributed by atoms with Gasteiger partial charge >= 0.3 is 6.03 Å². The third-order valence-corrected chi connectivity index (χ3v) is 5.82. The molecule has 2 aromatic rings. The van der Waals surface area contributed by atoms with Gasteiger partial charge in [-0.25, -0.2) is 9.18 Å². The smallest absolute Gasteiger partial charge is 0.322 e. The molecule has 0 saturated carbocycles. The van der Waals surface area contributed by atoms with Crippen LogP contribution >= 0.6 is 0 Å². The zero-order chi connectivity index (χ0) is 21.3. The van der Waals surface area contributed by atoms with Crippen LogP contribution in [0.15, 0.2) is 54.6 Å². The maximum absolute atomic E-state index is 13.1. The van der Waals surface area contributed by atoms with Gasteiger partial charge in [0.1, 0.15) is 12.4 Å². The molecule has 156 valence electrons. The molecular formula is C23H24FN3O3. The Morgan fingerprint density at radius 1 is 1.20 bits per heavy atom. The number of piperazine rings is 1. The molecule has 0 bridgehead atoms. The fraction of sp³-hybridized carbons (Fsp3) is 0.304. The highest BCUT2D eigenvalue weighted by atomic mass is 19.1. The number of carbonyl (C=O) groups is 2. The number of hydrogen-bond acceptors (Lipinski definition) is 3. The van der Waals surface area contributed by atoms with Gasteiger partial charge in [0.15, 0.2) is 0 Å². The topological polar surface area (TPSA) is 72.9 Å². The van der Waals surface area contributed by atoms with Gasteiger partial charge in [-0.05, 0) is 42.3 Å². The predicted octanol–water partition coefficient (Wildman–Crippen LogP) is 3.06. The van der Waals surface area contributed by atoms with Crippen molar-refractivity contribution in [1.29, 1.82) is 0 Å². The number of nitrogens with zero attached hydrogens (tertiary/aromatic N) is 2. The maximum atomic E-state index is 13.1. The Hall–Kier alpha value is -3.19. The number of aliphatic hydroxyl groups is 1. The third-order valence-electron chi connectivity index (χ3n) is 5.82. The molecular weight excluding hydrogens is 385 g/mol. The van der Waals surface area contributed by atoms with Gasteiger partial charge in [0.05, 0.1) is 18.7 Å². The maximum Gasteiger partial charge on any atom is 0.322 e. The van der Waals surface area contributed by atoms with E-state index in [0.717, 1.165) is 11.1 Å². The number of aliphatic hydroxyl groups excluding tert-OH is 1. The lowest BCUT2D eigenvalue weighted by atomic mass is 9.73. The van der Waals surface area contributed by atoms with E-state index in [2.05, 4.69) is 5.32 Å². The monoisotopic (exact) mass is 409 g/mol. The molecule has 3 amide bonds. The second-order valence-corrected chi connectivity index (χ2v) is 7.63. The second kappa shape index (κ2) is 8.28. The number of fused-ring (bicyclic) bond motifs is 1. The van der Waals surface area contributed by atoms with Gasteiger partial charge in [-0.1, -0.05) is 36.4 Å². The van der Waals surface area contributed by atoms with Gasteiger partial charge in [0, 0.05) is 18.2 Å². The Balaban J connectivity index is 1.50. The Kier molecular flexibility index (Phi) is 5.55. The molecule has 0 unspecified atom stereocenters. The zero-order valence-corrected chi connectivity index (χ0v) is 16.7. The number of anilines is 1. The molecule has 2 heterocycles. The molecule has 2 N–H and O–H groups in total. The Morgan fingerprint density at radius 2 is 1.90 bits per heavy atom.